The lowest BCUT2D eigenvalue weighted by molar-refractivity contribution is -0.231. The number of rotatable bonds is 6. The summed E-state index contributed by atoms with van der Waals surface area (Å²) >= 11 is 0. The predicted molar refractivity (Wildman–Crippen MR) is 113 cm³/mol. The lowest BCUT2D eigenvalue weighted by Crippen LogP contribution is -2.45. The second-order valence-corrected chi connectivity index (χ2v) is 9.78. The Morgan fingerprint density at radius 3 is 2.39 bits per heavy atom. The van der Waals surface area contributed by atoms with E-state index in [-0.39, 0.29) is 25.6 Å². The summed E-state index contributed by atoms with van der Waals surface area (Å²) in [6, 6.07) is 9.79. The van der Waals surface area contributed by atoms with E-state index in [1.807, 2.05) is 19.1 Å². The molecule has 164 valence electrons. The van der Waals surface area contributed by atoms with Gasteiger partial charge < -0.3 is 14.5 Å². The maximum Gasteiger partial charge on any atom is 0.217 e. The minimum absolute atomic E-state index is 0.208. The van der Waals surface area contributed by atoms with Crippen molar-refractivity contribution in [1.82, 2.24) is 19.7 Å². The molecule has 0 aliphatic carbocycles. The highest BCUT2D eigenvalue weighted by atomic mass is 32.2. The van der Waals surface area contributed by atoms with E-state index >= 15 is 0 Å². The standard InChI is InChI=1S/C21H23FN4O4S/c1-21(11-24-31(2,27)28)12-29-20(30-13-21)19-25-17(14-3-5-16(22)6-4-14)18(26-19)15-7-9-23-10-8-15/h3-10,20,24H,11-13H2,1-2H3,(H,25,26). The van der Waals surface area contributed by atoms with E-state index < -0.39 is 21.7 Å². The molecule has 10 heteroatoms. The molecule has 2 aromatic heterocycles. The smallest absolute Gasteiger partial charge is 0.217 e. The molecule has 0 atom stereocenters. The van der Waals surface area contributed by atoms with Gasteiger partial charge in [-0.3, -0.25) is 4.98 Å². The van der Waals surface area contributed by atoms with Crippen LogP contribution in [0.3, 0.4) is 0 Å². The van der Waals surface area contributed by atoms with Gasteiger partial charge in [-0.15, -0.1) is 0 Å². The third kappa shape index (κ3) is 5.16. The number of benzene rings is 1. The molecule has 1 saturated heterocycles. The van der Waals surface area contributed by atoms with Crippen molar-refractivity contribution in [3.05, 3.63) is 60.4 Å². The van der Waals surface area contributed by atoms with Crippen LogP contribution in [0.1, 0.15) is 19.0 Å². The molecule has 0 unspecified atom stereocenters. The second-order valence-electron chi connectivity index (χ2n) is 7.95. The van der Waals surface area contributed by atoms with Crippen LogP contribution in [0.4, 0.5) is 4.39 Å². The van der Waals surface area contributed by atoms with Crippen molar-refractivity contribution in [3.8, 4) is 22.5 Å². The average molecular weight is 447 g/mol. The first-order chi connectivity index (χ1) is 14.7. The normalized spacial score (nSPS) is 21.8. The summed E-state index contributed by atoms with van der Waals surface area (Å²) in [6.45, 7) is 2.67. The number of sulfonamides is 1. The van der Waals surface area contributed by atoms with Crippen molar-refractivity contribution in [2.24, 2.45) is 5.41 Å². The first-order valence-corrected chi connectivity index (χ1v) is 11.6. The molecule has 3 aromatic rings. The summed E-state index contributed by atoms with van der Waals surface area (Å²) in [6.07, 6.45) is 3.74. The summed E-state index contributed by atoms with van der Waals surface area (Å²) < 4.78 is 50.5. The molecular weight excluding hydrogens is 423 g/mol. The molecule has 0 spiro atoms. The Labute approximate surface area is 179 Å². The van der Waals surface area contributed by atoms with E-state index in [1.54, 1.807) is 24.5 Å². The highest BCUT2D eigenvalue weighted by Gasteiger charge is 2.35. The number of H-pyrrole nitrogens is 1. The Kier molecular flexibility index (Phi) is 5.89. The fourth-order valence-corrected chi connectivity index (χ4v) is 3.87. The van der Waals surface area contributed by atoms with Gasteiger partial charge in [-0.2, -0.15) is 0 Å². The van der Waals surface area contributed by atoms with Gasteiger partial charge in [0.25, 0.3) is 0 Å². The van der Waals surface area contributed by atoms with Crippen molar-refractivity contribution in [2.45, 2.75) is 13.2 Å². The fraction of sp³-hybridized carbons (Fsp3) is 0.333. The van der Waals surface area contributed by atoms with Gasteiger partial charge >= 0.3 is 0 Å². The third-order valence-electron chi connectivity index (χ3n) is 4.96. The number of pyridine rings is 1. The summed E-state index contributed by atoms with van der Waals surface area (Å²) in [5.74, 6) is 0.148. The number of nitrogens with one attached hydrogen (secondary N) is 2. The van der Waals surface area contributed by atoms with Gasteiger partial charge in [0, 0.05) is 35.5 Å². The first-order valence-electron chi connectivity index (χ1n) is 9.67. The van der Waals surface area contributed by atoms with E-state index in [2.05, 4.69) is 19.7 Å². The summed E-state index contributed by atoms with van der Waals surface area (Å²) in [4.78, 5) is 12.0. The van der Waals surface area contributed by atoms with Gasteiger partial charge in [0.05, 0.1) is 30.9 Å². The molecule has 3 heterocycles. The van der Waals surface area contributed by atoms with Crippen LogP contribution in [0, 0.1) is 11.2 Å². The lowest BCUT2D eigenvalue weighted by Gasteiger charge is -2.36. The highest BCUT2D eigenvalue weighted by Crippen LogP contribution is 2.35. The number of nitrogens with zero attached hydrogens (tertiary/aromatic N) is 2. The topological polar surface area (TPSA) is 106 Å². The molecule has 0 radical (unpaired) electrons. The number of aromatic amines is 1. The van der Waals surface area contributed by atoms with Crippen LogP contribution >= 0.6 is 0 Å². The number of aromatic nitrogens is 3. The summed E-state index contributed by atoms with van der Waals surface area (Å²) in [5.41, 5.74) is 2.49. The van der Waals surface area contributed by atoms with Crippen LogP contribution in [0.15, 0.2) is 48.8 Å². The molecule has 0 saturated carbocycles. The van der Waals surface area contributed by atoms with E-state index in [9.17, 15) is 12.8 Å². The Morgan fingerprint density at radius 2 is 1.77 bits per heavy atom. The zero-order valence-electron chi connectivity index (χ0n) is 17.1. The molecule has 4 rings (SSSR count). The average Bonchev–Trinajstić information content (AvgIpc) is 3.19. The van der Waals surface area contributed by atoms with Crippen LogP contribution < -0.4 is 4.72 Å². The Bertz CT molecular complexity index is 1140. The van der Waals surface area contributed by atoms with E-state index in [1.165, 1.54) is 12.1 Å². The zero-order valence-corrected chi connectivity index (χ0v) is 17.9. The van der Waals surface area contributed by atoms with Crippen molar-refractivity contribution in [2.75, 3.05) is 26.0 Å². The van der Waals surface area contributed by atoms with E-state index in [0.29, 0.717) is 11.5 Å². The molecule has 8 nitrogen and oxygen atoms in total. The molecular formula is C21H23FN4O4S. The minimum atomic E-state index is -3.31. The van der Waals surface area contributed by atoms with Crippen LogP contribution in [-0.2, 0) is 19.5 Å². The Morgan fingerprint density at radius 1 is 1.13 bits per heavy atom. The molecule has 0 bridgehead atoms. The number of ether oxygens (including phenoxy) is 2. The van der Waals surface area contributed by atoms with E-state index in [4.69, 9.17) is 9.47 Å². The van der Waals surface area contributed by atoms with Crippen LogP contribution in [0.2, 0.25) is 0 Å². The highest BCUT2D eigenvalue weighted by molar-refractivity contribution is 7.88. The first kappa shape index (κ1) is 21.6. The van der Waals surface area contributed by atoms with Gasteiger partial charge in [0.2, 0.25) is 16.3 Å². The fourth-order valence-electron chi connectivity index (χ4n) is 3.26. The third-order valence-corrected chi connectivity index (χ3v) is 5.63. The van der Waals surface area contributed by atoms with Crippen LogP contribution in [0.25, 0.3) is 22.5 Å². The Balaban J connectivity index is 1.59. The van der Waals surface area contributed by atoms with Crippen LogP contribution in [-0.4, -0.2) is 49.4 Å². The summed E-state index contributed by atoms with van der Waals surface area (Å²) in [7, 11) is -3.31. The largest absolute Gasteiger partial charge is 0.345 e. The van der Waals surface area contributed by atoms with Gasteiger partial charge in [0.15, 0.2) is 5.82 Å². The number of imidazole rings is 1. The number of hydrogen-bond donors (Lipinski definition) is 2. The van der Waals surface area contributed by atoms with Crippen molar-refractivity contribution in [1.29, 1.82) is 0 Å². The van der Waals surface area contributed by atoms with Crippen molar-refractivity contribution < 1.29 is 22.3 Å². The van der Waals surface area contributed by atoms with E-state index in [0.717, 1.165) is 23.1 Å². The SMILES string of the molecule is CC1(CNS(C)(=O)=O)COC(c2nc(-c3ccc(F)cc3)c(-c3ccncc3)[nH]2)OC1. The molecule has 31 heavy (non-hydrogen) atoms. The Hall–Kier alpha value is -2.66. The van der Waals surface area contributed by atoms with Crippen LogP contribution in [0.5, 0.6) is 0 Å². The number of hydrogen-bond acceptors (Lipinski definition) is 6. The molecule has 1 aromatic carbocycles. The molecule has 2 N–H and O–H groups in total. The molecule has 1 fully saturated rings. The van der Waals surface area contributed by atoms with Gasteiger partial charge in [-0.25, -0.2) is 22.5 Å². The second kappa shape index (κ2) is 8.46. The van der Waals surface area contributed by atoms with Gasteiger partial charge in [-0.1, -0.05) is 6.92 Å². The molecule has 0 amide bonds. The zero-order chi connectivity index (χ0) is 22.1. The monoisotopic (exact) mass is 446 g/mol. The van der Waals surface area contributed by atoms with Gasteiger partial charge in [-0.05, 0) is 36.4 Å². The summed E-state index contributed by atoms with van der Waals surface area (Å²) in [5, 5.41) is 0. The maximum absolute atomic E-state index is 13.4. The lowest BCUT2D eigenvalue weighted by atomic mass is 9.92. The quantitative estimate of drug-likeness (QED) is 0.603. The predicted octanol–water partition coefficient (Wildman–Crippen LogP) is 2.88. The van der Waals surface area contributed by atoms with Crippen molar-refractivity contribution in [3.63, 3.8) is 0 Å². The number of halogens is 1. The maximum atomic E-state index is 13.4. The van der Waals surface area contributed by atoms with Gasteiger partial charge in [0.1, 0.15) is 5.82 Å². The molecule has 1 aliphatic heterocycles. The minimum Gasteiger partial charge on any atom is -0.345 e. The van der Waals surface area contributed by atoms with Crippen molar-refractivity contribution >= 4 is 10.0 Å². The molecule has 1 aliphatic rings.